The second-order valence-corrected chi connectivity index (χ2v) is 5.16. The fourth-order valence-corrected chi connectivity index (χ4v) is 2.13. The summed E-state index contributed by atoms with van der Waals surface area (Å²) in [6, 6.07) is 8.30. The average molecular weight is 231 g/mol. The van der Waals surface area contributed by atoms with Gasteiger partial charge in [0.25, 0.3) is 0 Å². The van der Waals surface area contributed by atoms with Crippen LogP contribution in [0.15, 0.2) is 24.3 Å². The molecule has 0 fully saturated rings. The molecule has 0 aliphatic heterocycles. The van der Waals surface area contributed by atoms with Crippen molar-refractivity contribution in [1.29, 1.82) is 0 Å². The first-order chi connectivity index (χ1) is 8.10. The van der Waals surface area contributed by atoms with E-state index in [-0.39, 0.29) is 5.41 Å². The number of hydrogen-bond donors (Lipinski definition) is 1. The maximum absolute atomic E-state index is 5.87. The van der Waals surface area contributed by atoms with E-state index in [9.17, 15) is 0 Å². The number of benzene rings is 1. The minimum atomic E-state index is -0.0752. The lowest BCUT2D eigenvalue weighted by Gasteiger charge is -2.23. The summed E-state index contributed by atoms with van der Waals surface area (Å²) in [5.74, 6) is 1.10. The molecule has 3 heteroatoms. The Balaban J connectivity index is 2.65. The number of aryl methyl sites for hydroxylation is 1. The highest BCUT2D eigenvalue weighted by Gasteiger charge is 2.25. The molecule has 0 aliphatic carbocycles. The standard InChI is InChI=1S/C14H21N3/c1-4-9-17-12-8-6-5-7-11(12)16-13(17)14(2,3)10-15/h5-8H,4,9-10,15H2,1-3H3. The van der Waals surface area contributed by atoms with Crippen LogP contribution in [0.4, 0.5) is 0 Å². The SMILES string of the molecule is CCCn1c(C(C)(C)CN)nc2ccccc21. The van der Waals surface area contributed by atoms with Gasteiger partial charge < -0.3 is 10.3 Å². The molecule has 1 aromatic heterocycles. The molecule has 0 radical (unpaired) electrons. The quantitative estimate of drug-likeness (QED) is 0.879. The number of fused-ring (bicyclic) bond motifs is 1. The van der Waals surface area contributed by atoms with Crippen molar-refractivity contribution in [2.45, 2.75) is 39.2 Å². The van der Waals surface area contributed by atoms with Crippen LogP contribution in [0.5, 0.6) is 0 Å². The fourth-order valence-electron chi connectivity index (χ4n) is 2.13. The summed E-state index contributed by atoms with van der Waals surface area (Å²) in [6.45, 7) is 8.11. The molecule has 92 valence electrons. The van der Waals surface area contributed by atoms with Crippen molar-refractivity contribution in [3.05, 3.63) is 30.1 Å². The fraction of sp³-hybridized carbons (Fsp3) is 0.500. The number of hydrogen-bond acceptors (Lipinski definition) is 2. The van der Waals surface area contributed by atoms with Gasteiger partial charge in [-0.1, -0.05) is 32.9 Å². The second-order valence-electron chi connectivity index (χ2n) is 5.16. The molecule has 2 rings (SSSR count). The molecule has 0 amide bonds. The van der Waals surface area contributed by atoms with Crippen molar-refractivity contribution >= 4 is 11.0 Å². The third kappa shape index (κ3) is 2.07. The summed E-state index contributed by atoms with van der Waals surface area (Å²) in [4.78, 5) is 4.76. The van der Waals surface area contributed by atoms with E-state index in [2.05, 4.69) is 43.5 Å². The highest BCUT2D eigenvalue weighted by molar-refractivity contribution is 5.76. The number of nitrogens with two attached hydrogens (primary N) is 1. The molecule has 0 spiro atoms. The summed E-state index contributed by atoms with van der Waals surface area (Å²) < 4.78 is 2.31. The molecule has 0 atom stereocenters. The van der Waals surface area contributed by atoms with E-state index in [1.54, 1.807) is 0 Å². The van der Waals surface area contributed by atoms with Crippen molar-refractivity contribution in [1.82, 2.24) is 9.55 Å². The van der Waals surface area contributed by atoms with Gasteiger partial charge in [-0.05, 0) is 18.6 Å². The summed E-state index contributed by atoms with van der Waals surface area (Å²) in [5.41, 5.74) is 8.08. The van der Waals surface area contributed by atoms with Crippen LogP contribution in [0, 0.1) is 0 Å². The molecular formula is C14H21N3. The molecule has 0 unspecified atom stereocenters. The van der Waals surface area contributed by atoms with E-state index >= 15 is 0 Å². The van der Waals surface area contributed by atoms with E-state index in [0.29, 0.717) is 6.54 Å². The molecule has 3 nitrogen and oxygen atoms in total. The van der Waals surface area contributed by atoms with Crippen LogP contribution in [0.25, 0.3) is 11.0 Å². The van der Waals surface area contributed by atoms with Gasteiger partial charge >= 0.3 is 0 Å². The van der Waals surface area contributed by atoms with Crippen molar-refractivity contribution < 1.29 is 0 Å². The lowest BCUT2D eigenvalue weighted by Crippen LogP contribution is -2.31. The van der Waals surface area contributed by atoms with Gasteiger partial charge in [0, 0.05) is 18.5 Å². The van der Waals surface area contributed by atoms with E-state index in [4.69, 9.17) is 10.7 Å². The van der Waals surface area contributed by atoms with Crippen LogP contribution in [0.3, 0.4) is 0 Å². The van der Waals surface area contributed by atoms with Gasteiger partial charge in [0.1, 0.15) is 5.82 Å². The minimum Gasteiger partial charge on any atom is -0.329 e. The molecule has 1 heterocycles. The lowest BCUT2D eigenvalue weighted by molar-refractivity contribution is 0.469. The first-order valence-corrected chi connectivity index (χ1v) is 6.26. The first-order valence-electron chi connectivity index (χ1n) is 6.26. The van der Waals surface area contributed by atoms with Crippen molar-refractivity contribution in [2.75, 3.05) is 6.54 Å². The zero-order valence-electron chi connectivity index (χ0n) is 10.9. The Labute approximate surface area is 103 Å². The maximum Gasteiger partial charge on any atom is 0.116 e. The van der Waals surface area contributed by atoms with Crippen LogP contribution < -0.4 is 5.73 Å². The predicted octanol–water partition coefficient (Wildman–Crippen LogP) is 2.68. The normalized spacial score (nSPS) is 12.2. The van der Waals surface area contributed by atoms with Crippen LogP contribution in [-0.2, 0) is 12.0 Å². The molecule has 0 aliphatic rings. The zero-order chi connectivity index (χ0) is 12.5. The van der Waals surface area contributed by atoms with Crippen molar-refractivity contribution in [3.63, 3.8) is 0 Å². The van der Waals surface area contributed by atoms with Gasteiger partial charge in [-0.3, -0.25) is 0 Å². The van der Waals surface area contributed by atoms with Crippen LogP contribution in [0.2, 0.25) is 0 Å². The number of imidazole rings is 1. The second kappa shape index (κ2) is 4.49. The number of nitrogens with zero attached hydrogens (tertiary/aromatic N) is 2. The van der Waals surface area contributed by atoms with Gasteiger partial charge in [0.05, 0.1) is 11.0 Å². The molecule has 0 saturated carbocycles. The van der Waals surface area contributed by atoms with Gasteiger partial charge in [0.15, 0.2) is 0 Å². The Hall–Kier alpha value is -1.35. The lowest BCUT2D eigenvalue weighted by atomic mass is 9.92. The summed E-state index contributed by atoms with van der Waals surface area (Å²) in [7, 11) is 0. The van der Waals surface area contributed by atoms with Crippen molar-refractivity contribution in [2.24, 2.45) is 5.73 Å². The first kappa shape index (κ1) is 12.1. The molecule has 2 aromatic rings. The van der Waals surface area contributed by atoms with Gasteiger partial charge in [-0.15, -0.1) is 0 Å². The molecule has 1 aromatic carbocycles. The van der Waals surface area contributed by atoms with Crippen LogP contribution in [-0.4, -0.2) is 16.1 Å². The largest absolute Gasteiger partial charge is 0.329 e. The number of para-hydroxylation sites is 2. The van der Waals surface area contributed by atoms with Crippen LogP contribution in [0.1, 0.15) is 33.0 Å². The highest BCUT2D eigenvalue weighted by atomic mass is 15.1. The smallest absolute Gasteiger partial charge is 0.116 e. The monoisotopic (exact) mass is 231 g/mol. The summed E-state index contributed by atoms with van der Waals surface area (Å²) >= 11 is 0. The molecule has 17 heavy (non-hydrogen) atoms. The predicted molar refractivity (Wildman–Crippen MR) is 72.1 cm³/mol. The number of rotatable bonds is 4. The van der Waals surface area contributed by atoms with Gasteiger partial charge in [-0.2, -0.15) is 0 Å². The zero-order valence-corrected chi connectivity index (χ0v) is 10.9. The van der Waals surface area contributed by atoms with Gasteiger partial charge in [-0.25, -0.2) is 4.98 Å². The molecular weight excluding hydrogens is 210 g/mol. The maximum atomic E-state index is 5.87. The Kier molecular flexibility index (Phi) is 3.20. The third-order valence-electron chi connectivity index (χ3n) is 3.22. The summed E-state index contributed by atoms with van der Waals surface area (Å²) in [5, 5.41) is 0. The van der Waals surface area contributed by atoms with E-state index in [1.807, 2.05) is 6.07 Å². The minimum absolute atomic E-state index is 0.0752. The topological polar surface area (TPSA) is 43.8 Å². The van der Waals surface area contributed by atoms with Gasteiger partial charge in [0.2, 0.25) is 0 Å². The Morgan fingerprint density at radius 3 is 2.65 bits per heavy atom. The van der Waals surface area contributed by atoms with E-state index in [1.165, 1.54) is 5.52 Å². The Morgan fingerprint density at radius 1 is 1.29 bits per heavy atom. The highest BCUT2D eigenvalue weighted by Crippen LogP contribution is 2.26. The summed E-state index contributed by atoms with van der Waals surface area (Å²) in [6.07, 6.45) is 1.11. The van der Waals surface area contributed by atoms with E-state index in [0.717, 1.165) is 24.3 Å². The Morgan fingerprint density at radius 2 is 2.00 bits per heavy atom. The molecule has 0 saturated heterocycles. The third-order valence-corrected chi connectivity index (χ3v) is 3.22. The Bertz CT molecular complexity index is 511. The molecule has 2 N–H and O–H groups in total. The van der Waals surface area contributed by atoms with Crippen LogP contribution >= 0.6 is 0 Å². The van der Waals surface area contributed by atoms with E-state index < -0.39 is 0 Å². The average Bonchev–Trinajstić information content (AvgIpc) is 2.70. The number of aromatic nitrogens is 2. The molecule has 0 bridgehead atoms. The van der Waals surface area contributed by atoms with Crippen molar-refractivity contribution in [3.8, 4) is 0 Å².